The van der Waals surface area contributed by atoms with Gasteiger partial charge < -0.3 is 10.3 Å². The first-order chi connectivity index (χ1) is 8.74. The second-order valence-corrected chi connectivity index (χ2v) is 4.26. The Bertz CT molecular complexity index is 687. The zero-order valence-electron chi connectivity index (χ0n) is 10.0. The van der Waals surface area contributed by atoms with E-state index in [4.69, 9.17) is 5.73 Å². The summed E-state index contributed by atoms with van der Waals surface area (Å²) < 4.78 is 1.94. The topological polar surface area (TPSA) is 69.6 Å². The van der Waals surface area contributed by atoms with Crippen molar-refractivity contribution in [3.8, 4) is 0 Å². The molecule has 0 spiro atoms. The molecule has 0 aliphatic carbocycles. The summed E-state index contributed by atoms with van der Waals surface area (Å²) in [6.07, 6.45) is 1.65. The van der Waals surface area contributed by atoms with Crippen molar-refractivity contribution in [3.05, 3.63) is 47.8 Å². The van der Waals surface area contributed by atoms with Crippen molar-refractivity contribution in [2.45, 2.75) is 13.5 Å². The van der Waals surface area contributed by atoms with E-state index >= 15 is 0 Å². The highest BCUT2D eigenvalue weighted by molar-refractivity contribution is 5.79. The fraction of sp³-hybridized carbons (Fsp3) is 0.154. The van der Waals surface area contributed by atoms with Crippen molar-refractivity contribution in [1.29, 1.82) is 0 Å². The lowest BCUT2D eigenvalue weighted by Crippen LogP contribution is -2.06. The number of fused-ring (bicyclic) bond motifs is 1. The highest BCUT2D eigenvalue weighted by atomic mass is 15.2. The molecule has 2 heterocycles. The summed E-state index contributed by atoms with van der Waals surface area (Å²) in [4.78, 5) is 4.36. The van der Waals surface area contributed by atoms with Crippen LogP contribution >= 0.6 is 0 Å². The molecule has 3 rings (SSSR count). The maximum absolute atomic E-state index is 5.95. The number of nitrogen functional groups attached to an aromatic ring is 1. The van der Waals surface area contributed by atoms with Crippen LogP contribution in [0.3, 0.4) is 0 Å². The van der Waals surface area contributed by atoms with Crippen molar-refractivity contribution < 1.29 is 0 Å². The van der Waals surface area contributed by atoms with Gasteiger partial charge in [0.25, 0.3) is 0 Å². The Kier molecular flexibility index (Phi) is 2.44. The van der Waals surface area contributed by atoms with E-state index in [0.717, 1.165) is 16.7 Å². The second-order valence-electron chi connectivity index (χ2n) is 4.26. The summed E-state index contributed by atoms with van der Waals surface area (Å²) in [5, 5.41) is 7.93. The lowest BCUT2D eigenvalue weighted by molar-refractivity contribution is 0.782. The summed E-state index contributed by atoms with van der Waals surface area (Å²) in [7, 11) is 0. The maximum atomic E-state index is 5.95. The third-order valence-electron chi connectivity index (χ3n) is 2.88. The number of hydrogen-bond acceptors (Lipinski definition) is 4. The first-order valence-corrected chi connectivity index (χ1v) is 5.73. The fourth-order valence-electron chi connectivity index (χ4n) is 2.00. The van der Waals surface area contributed by atoms with Gasteiger partial charge in [-0.2, -0.15) is 10.2 Å². The Morgan fingerprint density at radius 2 is 2.17 bits per heavy atom. The Balaban J connectivity index is 2.09. The van der Waals surface area contributed by atoms with Gasteiger partial charge in [-0.25, -0.2) is 4.98 Å². The molecule has 1 aromatic carbocycles. The first-order valence-electron chi connectivity index (χ1n) is 5.73. The van der Waals surface area contributed by atoms with Crippen LogP contribution in [0.1, 0.15) is 11.3 Å². The zero-order chi connectivity index (χ0) is 12.5. The van der Waals surface area contributed by atoms with Gasteiger partial charge in [0.2, 0.25) is 5.95 Å². The highest BCUT2D eigenvalue weighted by Crippen LogP contribution is 2.19. The van der Waals surface area contributed by atoms with Gasteiger partial charge in [0.15, 0.2) is 0 Å². The molecule has 2 N–H and O–H groups in total. The van der Waals surface area contributed by atoms with Gasteiger partial charge in [0.1, 0.15) is 0 Å². The third-order valence-corrected chi connectivity index (χ3v) is 2.88. The molecular formula is C13H13N5. The van der Waals surface area contributed by atoms with Crippen LogP contribution in [0.4, 0.5) is 5.95 Å². The van der Waals surface area contributed by atoms with E-state index in [1.54, 1.807) is 6.20 Å². The van der Waals surface area contributed by atoms with Gasteiger partial charge in [0, 0.05) is 6.20 Å². The summed E-state index contributed by atoms with van der Waals surface area (Å²) in [6.45, 7) is 2.62. The average Bonchev–Trinajstić information content (AvgIpc) is 2.66. The predicted molar refractivity (Wildman–Crippen MR) is 70.0 cm³/mol. The quantitative estimate of drug-likeness (QED) is 0.739. The zero-order valence-corrected chi connectivity index (χ0v) is 10.0. The molecule has 18 heavy (non-hydrogen) atoms. The molecule has 0 saturated heterocycles. The van der Waals surface area contributed by atoms with Crippen molar-refractivity contribution in [2.24, 2.45) is 0 Å². The van der Waals surface area contributed by atoms with Gasteiger partial charge in [-0.1, -0.05) is 6.07 Å². The van der Waals surface area contributed by atoms with E-state index in [9.17, 15) is 0 Å². The summed E-state index contributed by atoms with van der Waals surface area (Å²) >= 11 is 0. The maximum Gasteiger partial charge on any atom is 0.201 e. The Morgan fingerprint density at radius 3 is 2.94 bits per heavy atom. The monoisotopic (exact) mass is 239 g/mol. The molecule has 0 radical (unpaired) electrons. The van der Waals surface area contributed by atoms with Crippen LogP contribution in [-0.4, -0.2) is 19.7 Å². The molecule has 0 fully saturated rings. The van der Waals surface area contributed by atoms with E-state index in [1.807, 2.05) is 35.8 Å². The number of imidazole rings is 1. The van der Waals surface area contributed by atoms with Crippen LogP contribution in [0.2, 0.25) is 0 Å². The molecule has 0 aliphatic rings. The Morgan fingerprint density at radius 1 is 1.28 bits per heavy atom. The van der Waals surface area contributed by atoms with Crippen LogP contribution in [0, 0.1) is 6.92 Å². The number of benzene rings is 1. The predicted octanol–water partition coefficient (Wildman–Crippen LogP) is 1.77. The number of aromatic nitrogens is 4. The van der Waals surface area contributed by atoms with E-state index in [2.05, 4.69) is 21.2 Å². The number of hydrogen-bond donors (Lipinski definition) is 1. The van der Waals surface area contributed by atoms with E-state index in [-0.39, 0.29) is 0 Å². The molecule has 0 amide bonds. The molecule has 0 bridgehead atoms. The molecule has 5 nitrogen and oxygen atoms in total. The number of rotatable bonds is 2. The molecule has 0 saturated carbocycles. The van der Waals surface area contributed by atoms with Crippen molar-refractivity contribution >= 4 is 17.0 Å². The van der Waals surface area contributed by atoms with Crippen LogP contribution < -0.4 is 5.73 Å². The number of aryl methyl sites for hydroxylation is 1. The molecular weight excluding hydrogens is 226 g/mol. The minimum Gasteiger partial charge on any atom is -0.369 e. The minimum atomic E-state index is 0.501. The van der Waals surface area contributed by atoms with Gasteiger partial charge in [-0.3, -0.25) is 0 Å². The largest absolute Gasteiger partial charge is 0.369 e. The van der Waals surface area contributed by atoms with Gasteiger partial charge >= 0.3 is 0 Å². The SMILES string of the molecule is Cc1ccc2c(c1)nc(N)n2Cc1cccnn1. The number of anilines is 1. The van der Waals surface area contributed by atoms with Crippen LogP contribution in [0.5, 0.6) is 0 Å². The molecule has 0 unspecified atom stereocenters. The summed E-state index contributed by atoms with van der Waals surface area (Å²) in [6, 6.07) is 9.90. The summed E-state index contributed by atoms with van der Waals surface area (Å²) in [5.41, 5.74) is 9.92. The van der Waals surface area contributed by atoms with Crippen molar-refractivity contribution in [2.75, 3.05) is 5.73 Å². The number of nitrogens with zero attached hydrogens (tertiary/aromatic N) is 4. The van der Waals surface area contributed by atoms with Gasteiger partial charge in [-0.05, 0) is 36.8 Å². The lowest BCUT2D eigenvalue weighted by atomic mass is 10.2. The standard InChI is InChI=1S/C13H13N5/c1-9-4-5-12-11(7-9)16-13(14)18(12)8-10-3-2-6-15-17-10/h2-7H,8H2,1H3,(H2,14,16). The van der Waals surface area contributed by atoms with Crippen LogP contribution in [0.25, 0.3) is 11.0 Å². The summed E-state index contributed by atoms with van der Waals surface area (Å²) in [5.74, 6) is 0.501. The van der Waals surface area contributed by atoms with E-state index < -0.39 is 0 Å². The third kappa shape index (κ3) is 1.79. The van der Waals surface area contributed by atoms with Crippen LogP contribution in [-0.2, 0) is 6.54 Å². The highest BCUT2D eigenvalue weighted by Gasteiger charge is 2.09. The first kappa shape index (κ1) is 10.7. The number of nitrogens with two attached hydrogens (primary N) is 1. The molecule has 2 aromatic heterocycles. The molecule has 0 atom stereocenters. The normalized spacial score (nSPS) is 10.9. The molecule has 90 valence electrons. The van der Waals surface area contributed by atoms with Gasteiger partial charge in [0.05, 0.1) is 23.3 Å². The smallest absolute Gasteiger partial charge is 0.201 e. The van der Waals surface area contributed by atoms with Crippen LogP contribution in [0.15, 0.2) is 36.5 Å². The van der Waals surface area contributed by atoms with Gasteiger partial charge in [-0.15, -0.1) is 0 Å². The Labute approximate surface area is 104 Å². The molecule has 5 heteroatoms. The Hall–Kier alpha value is -2.43. The molecule has 3 aromatic rings. The fourth-order valence-corrected chi connectivity index (χ4v) is 2.00. The van der Waals surface area contributed by atoms with E-state index in [0.29, 0.717) is 12.5 Å². The van der Waals surface area contributed by atoms with E-state index in [1.165, 1.54) is 5.56 Å². The average molecular weight is 239 g/mol. The van der Waals surface area contributed by atoms with Crippen molar-refractivity contribution in [3.63, 3.8) is 0 Å². The minimum absolute atomic E-state index is 0.501. The second kappa shape index (κ2) is 4.10. The lowest BCUT2D eigenvalue weighted by Gasteiger charge is -2.05. The van der Waals surface area contributed by atoms with Crippen molar-refractivity contribution in [1.82, 2.24) is 19.7 Å². The molecule has 0 aliphatic heterocycles.